The number of nitrogens with zero attached hydrogens (tertiary/aromatic N) is 2. The Hall–Kier alpha value is -3.36. The lowest BCUT2D eigenvalue weighted by molar-refractivity contribution is -0.126. The summed E-state index contributed by atoms with van der Waals surface area (Å²) in [5.41, 5.74) is 1.62. The molecular formula is C24H19BrN2O5. The first kappa shape index (κ1) is 20.5. The maximum atomic E-state index is 13.6. The van der Waals surface area contributed by atoms with E-state index in [1.165, 1.54) is 0 Å². The molecule has 7 nitrogen and oxygen atoms in total. The molecule has 162 valence electrons. The number of halogens is 1. The van der Waals surface area contributed by atoms with E-state index in [1.807, 2.05) is 30.3 Å². The number of para-hydroxylation sites is 1. The maximum Gasteiger partial charge on any atom is 0.266 e. The molecule has 3 aromatic carbocycles. The van der Waals surface area contributed by atoms with Gasteiger partial charge in [0.2, 0.25) is 5.91 Å². The van der Waals surface area contributed by atoms with E-state index in [-0.39, 0.29) is 11.7 Å². The van der Waals surface area contributed by atoms with Gasteiger partial charge in [-0.2, -0.15) is 0 Å². The number of phenols is 1. The summed E-state index contributed by atoms with van der Waals surface area (Å²) in [6, 6.07) is 20.3. The highest BCUT2D eigenvalue weighted by molar-refractivity contribution is 9.10. The number of hydroxylamine groups is 1. The number of phenolic OH excluding ortho intramolecular Hbond substituents is 1. The summed E-state index contributed by atoms with van der Waals surface area (Å²) in [7, 11) is 1.55. The number of aromatic hydroxyl groups is 1. The molecule has 0 unspecified atom stereocenters. The zero-order valence-corrected chi connectivity index (χ0v) is 18.6. The topological polar surface area (TPSA) is 79.3 Å². The molecule has 2 saturated heterocycles. The number of benzene rings is 3. The molecule has 0 aromatic heterocycles. The van der Waals surface area contributed by atoms with E-state index in [2.05, 4.69) is 15.9 Å². The molecule has 3 aromatic rings. The van der Waals surface area contributed by atoms with Crippen LogP contribution < -0.4 is 14.7 Å². The van der Waals surface area contributed by atoms with Gasteiger partial charge in [0.25, 0.3) is 5.91 Å². The van der Waals surface area contributed by atoms with Crippen LogP contribution in [0.15, 0.2) is 77.3 Å². The summed E-state index contributed by atoms with van der Waals surface area (Å²) in [5, 5.41) is 12.2. The third kappa shape index (κ3) is 3.23. The third-order valence-corrected chi connectivity index (χ3v) is 6.26. The Labute approximate surface area is 192 Å². The molecule has 1 N–H and O–H groups in total. The van der Waals surface area contributed by atoms with E-state index in [0.717, 1.165) is 9.37 Å². The predicted octanol–water partition coefficient (Wildman–Crippen LogP) is 4.21. The lowest BCUT2D eigenvalue weighted by Gasteiger charge is -2.29. The molecule has 0 aliphatic carbocycles. The molecular weight excluding hydrogens is 476 g/mol. The van der Waals surface area contributed by atoms with Crippen molar-refractivity contribution in [3.05, 3.63) is 82.8 Å². The van der Waals surface area contributed by atoms with Gasteiger partial charge in [-0.3, -0.25) is 14.4 Å². The molecule has 32 heavy (non-hydrogen) atoms. The fraction of sp³-hybridized carbons (Fsp3) is 0.167. The second-order valence-corrected chi connectivity index (χ2v) is 8.49. The Morgan fingerprint density at radius 2 is 1.66 bits per heavy atom. The fourth-order valence-corrected chi connectivity index (χ4v) is 4.66. The average molecular weight is 495 g/mol. The van der Waals surface area contributed by atoms with E-state index in [9.17, 15) is 14.7 Å². The summed E-state index contributed by atoms with van der Waals surface area (Å²) in [4.78, 5) is 34.1. The zero-order chi connectivity index (χ0) is 22.4. The lowest BCUT2D eigenvalue weighted by atomic mass is 9.90. The highest BCUT2D eigenvalue weighted by atomic mass is 79.9. The number of hydrogen-bond acceptors (Lipinski definition) is 6. The van der Waals surface area contributed by atoms with Crippen molar-refractivity contribution >= 4 is 39.1 Å². The van der Waals surface area contributed by atoms with Crippen molar-refractivity contribution in [2.75, 3.05) is 17.1 Å². The zero-order valence-electron chi connectivity index (χ0n) is 17.0. The van der Waals surface area contributed by atoms with Gasteiger partial charge < -0.3 is 9.84 Å². The first-order valence-corrected chi connectivity index (χ1v) is 10.8. The van der Waals surface area contributed by atoms with Gasteiger partial charge in [0.1, 0.15) is 17.4 Å². The van der Waals surface area contributed by atoms with Crippen molar-refractivity contribution in [3.63, 3.8) is 0 Å². The fourth-order valence-electron chi connectivity index (χ4n) is 4.28. The van der Waals surface area contributed by atoms with Crippen molar-refractivity contribution in [2.45, 2.75) is 12.1 Å². The lowest BCUT2D eigenvalue weighted by Crippen LogP contribution is -2.37. The Balaban J connectivity index is 1.59. The molecule has 2 heterocycles. The van der Waals surface area contributed by atoms with Crippen molar-refractivity contribution in [1.82, 2.24) is 0 Å². The Morgan fingerprint density at radius 1 is 0.938 bits per heavy atom. The van der Waals surface area contributed by atoms with E-state index in [4.69, 9.17) is 9.57 Å². The van der Waals surface area contributed by atoms with Crippen LogP contribution in [-0.2, 0) is 14.4 Å². The van der Waals surface area contributed by atoms with Gasteiger partial charge in [0.05, 0.1) is 24.5 Å². The minimum Gasteiger partial charge on any atom is -0.508 e. The maximum absolute atomic E-state index is 13.6. The molecule has 0 bridgehead atoms. The van der Waals surface area contributed by atoms with Gasteiger partial charge in [-0.25, -0.2) is 9.96 Å². The summed E-state index contributed by atoms with van der Waals surface area (Å²) in [6.45, 7) is 0. The van der Waals surface area contributed by atoms with Crippen LogP contribution in [0.5, 0.6) is 11.5 Å². The highest BCUT2D eigenvalue weighted by Crippen LogP contribution is 2.49. The van der Waals surface area contributed by atoms with Crippen molar-refractivity contribution in [2.24, 2.45) is 5.92 Å². The van der Waals surface area contributed by atoms with Gasteiger partial charge >= 0.3 is 0 Å². The first-order valence-electron chi connectivity index (χ1n) is 10.0. The molecule has 2 aliphatic heterocycles. The molecule has 2 amide bonds. The molecule has 0 spiro atoms. The second-order valence-electron chi connectivity index (χ2n) is 7.57. The first-order chi connectivity index (χ1) is 15.5. The van der Waals surface area contributed by atoms with Crippen LogP contribution in [0, 0.1) is 5.92 Å². The average Bonchev–Trinajstić information content (AvgIpc) is 3.32. The number of imide groups is 1. The quantitative estimate of drug-likeness (QED) is 0.547. The summed E-state index contributed by atoms with van der Waals surface area (Å²) in [5.74, 6) is -1.01. The minimum atomic E-state index is -1.01. The summed E-state index contributed by atoms with van der Waals surface area (Å²) < 4.78 is 5.91. The third-order valence-electron chi connectivity index (χ3n) is 5.76. The Bertz CT molecular complexity index is 1180. The van der Waals surface area contributed by atoms with Crippen LogP contribution in [0.1, 0.15) is 11.6 Å². The smallest absolute Gasteiger partial charge is 0.266 e. The van der Waals surface area contributed by atoms with Crippen molar-refractivity contribution in [1.29, 1.82) is 0 Å². The van der Waals surface area contributed by atoms with E-state index < -0.39 is 24.0 Å². The molecule has 3 atom stereocenters. The Morgan fingerprint density at radius 3 is 2.34 bits per heavy atom. The minimum absolute atomic E-state index is 0.0199. The number of methoxy groups -OCH3 is 1. The van der Waals surface area contributed by atoms with Crippen LogP contribution in [-0.4, -0.2) is 30.1 Å². The number of hydrogen-bond donors (Lipinski definition) is 1. The van der Waals surface area contributed by atoms with Crippen LogP contribution in [0.3, 0.4) is 0 Å². The molecule has 0 saturated carbocycles. The highest BCUT2D eigenvalue weighted by Gasteiger charge is 2.60. The van der Waals surface area contributed by atoms with Gasteiger partial charge in [-0.05, 0) is 54.6 Å². The Kier molecular flexibility index (Phi) is 5.11. The number of ether oxygens (including phenoxy) is 1. The van der Waals surface area contributed by atoms with Crippen LogP contribution >= 0.6 is 15.9 Å². The van der Waals surface area contributed by atoms with Gasteiger partial charge in [-0.1, -0.05) is 34.1 Å². The summed E-state index contributed by atoms with van der Waals surface area (Å²) in [6.07, 6.45) is -1.01. The van der Waals surface area contributed by atoms with Crippen LogP contribution in [0.4, 0.5) is 11.4 Å². The molecule has 2 aliphatic rings. The van der Waals surface area contributed by atoms with Gasteiger partial charge in [0.15, 0.2) is 6.10 Å². The number of anilines is 2. The number of amides is 2. The van der Waals surface area contributed by atoms with Crippen LogP contribution in [0.2, 0.25) is 0 Å². The van der Waals surface area contributed by atoms with E-state index in [0.29, 0.717) is 22.7 Å². The molecule has 0 radical (unpaired) electrons. The summed E-state index contributed by atoms with van der Waals surface area (Å²) >= 11 is 3.44. The normalized spacial score (nSPS) is 22.4. The SMILES string of the molecule is COc1ccc(N2C(=O)[C@H]3[C@H](ON(c4ccccc4)[C@@H]3c3cc(Br)ccc3O)C2=O)cc1. The number of carbonyl (C=O) groups excluding carboxylic acids is 2. The molecule has 5 rings (SSSR count). The second kappa shape index (κ2) is 7.96. The van der Waals surface area contributed by atoms with Gasteiger partial charge in [-0.15, -0.1) is 0 Å². The van der Waals surface area contributed by atoms with E-state index in [1.54, 1.807) is 54.6 Å². The van der Waals surface area contributed by atoms with Gasteiger partial charge in [0, 0.05) is 10.0 Å². The van der Waals surface area contributed by atoms with Crippen molar-refractivity contribution in [3.8, 4) is 11.5 Å². The predicted molar refractivity (Wildman–Crippen MR) is 121 cm³/mol. The number of carbonyl (C=O) groups is 2. The van der Waals surface area contributed by atoms with E-state index >= 15 is 0 Å². The number of rotatable bonds is 4. The monoisotopic (exact) mass is 494 g/mol. The molecule has 8 heteroatoms. The number of fused-ring (bicyclic) bond motifs is 1. The molecule has 2 fully saturated rings. The van der Waals surface area contributed by atoms with Crippen molar-refractivity contribution < 1.29 is 24.3 Å². The van der Waals surface area contributed by atoms with Crippen LogP contribution in [0.25, 0.3) is 0 Å². The standard InChI is InChI=1S/C24H19BrN2O5/c1-31-17-10-8-15(9-11-17)26-23(29)20-21(18-13-14(25)7-12-19(18)28)27(32-22(20)24(26)30)16-5-3-2-4-6-16/h2-13,20-22,28H,1H3/t20-,21-,22+/m1/s1. The largest absolute Gasteiger partial charge is 0.508 e.